The number of anilines is 1. The van der Waals surface area contributed by atoms with E-state index in [9.17, 15) is 4.79 Å². The second kappa shape index (κ2) is 8.89. The van der Waals surface area contributed by atoms with E-state index in [0.717, 1.165) is 44.5 Å². The number of amides is 2. The number of hydrogen-bond acceptors (Lipinski definition) is 5. The summed E-state index contributed by atoms with van der Waals surface area (Å²) in [5.74, 6) is 0.714. The first-order valence-electron chi connectivity index (χ1n) is 9.34. The smallest absolute Gasteiger partial charge is 0.319 e. The number of nitrogens with one attached hydrogen (secondary N) is 2. The lowest BCUT2D eigenvalue weighted by atomic mass is 10.1. The van der Waals surface area contributed by atoms with Crippen LogP contribution in [0.1, 0.15) is 32.6 Å². The Bertz CT molecular complexity index is 641. The lowest BCUT2D eigenvalue weighted by Gasteiger charge is -2.29. The highest BCUT2D eigenvalue weighted by atomic mass is 16.6. The van der Waals surface area contributed by atoms with Crippen LogP contribution in [0.3, 0.4) is 0 Å². The molecule has 1 aromatic rings. The maximum atomic E-state index is 12.2. The predicted octanol–water partition coefficient (Wildman–Crippen LogP) is 2.84. The number of nitrogens with zero attached hydrogens (tertiary/aromatic N) is 2. The van der Waals surface area contributed by atoms with Gasteiger partial charge in [-0.25, -0.2) is 4.79 Å². The summed E-state index contributed by atoms with van der Waals surface area (Å²) < 4.78 is 6.13. The van der Waals surface area contributed by atoms with Crippen LogP contribution in [0, 0.1) is 0 Å². The van der Waals surface area contributed by atoms with Crippen molar-refractivity contribution >= 4 is 17.4 Å². The number of carbonyl (C=O) groups is 1. The molecule has 2 amide bonds. The average Bonchev–Trinajstić information content (AvgIpc) is 3.12. The lowest BCUT2D eigenvalue weighted by molar-refractivity contribution is 0.0869. The van der Waals surface area contributed by atoms with Crippen molar-refractivity contribution in [2.45, 2.75) is 44.8 Å². The van der Waals surface area contributed by atoms with Gasteiger partial charge < -0.3 is 25.1 Å². The maximum Gasteiger partial charge on any atom is 0.319 e. The Balaban J connectivity index is 1.49. The second-order valence-corrected chi connectivity index (χ2v) is 6.89. The van der Waals surface area contributed by atoms with Crippen molar-refractivity contribution in [2.75, 3.05) is 32.0 Å². The summed E-state index contributed by atoms with van der Waals surface area (Å²) in [5, 5.41) is 9.73. The van der Waals surface area contributed by atoms with E-state index in [4.69, 9.17) is 9.57 Å². The average molecular weight is 360 g/mol. The molecule has 0 spiro atoms. The molecule has 2 heterocycles. The zero-order valence-corrected chi connectivity index (χ0v) is 15.5. The molecule has 1 atom stereocenters. The third kappa shape index (κ3) is 5.11. The number of rotatable bonds is 6. The second-order valence-electron chi connectivity index (χ2n) is 6.89. The van der Waals surface area contributed by atoms with Gasteiger partial charge in [-0.1, -0.05) is 24.2 Å². The molecule has 26 heavy (non-hydrogen) atoms. The molecule has 142 valence electrons. The van der Waals surface area contributed by atoms with Gasteiger partial charge in [-0.05, 0) is 38.4 Å². The molecule has 2 N–H and O–H groups in total. The first-order valence-corrected chi connectivity index (χ1v) is 9.34. The molecular formula is C19H28N4O3. The van der Waals surface area contributed by atoms with E-state index >= 15 is 0 Å². The number of benzene rings is 1. The van der Waals surface area contributed by atoms with Crippen LogP contribution in [0.4, 0.5) is 10.5 Å². The summed E-state index contributed by atoms with van der Waals surface area (Å²) in [4.78, 5) is 19.8. The first-order chi connectivity index (χ1) is 12.6. The number of ether oxygens (including phenoxy) is 1. The highest BCUT2D eigenvalue weighted by Crippen LogP contribution is 2.27. The fraction of sp³-hybridized carbons (Fsp3) is 0.579. The summed E-state index contributed by atoms with van der Waals surface area (Å²) in [6, 6.07) is 7.30. The van der Waals surface area contributed by atoms with Gasteiger partial charge in [-0.3, -0.25) is 0 Å². The van der Waals surface area contributed by atoms with E-state index in [-0.39, 0.29) is 18.2 Å². The number of carbonyl (C=O) groups excluding carboxylic acids is 1. The quantitative estimate of drug-likeness (QED) is 0.818. The standard InChI is InChI=1S/C19H28N4O3/c1-3-14-12-16(26-22-14)13-20-19(24)21-17-6-4-5-7-18(17)25-15-8-10-23(2)11-9-15/h4-7,15-16H,3,8-13H2,1-2H3,(H2,20,21,24)/t16-/m1/s1. The highest BCUT2D eigenvalue weighted by molar-refractivity contribution is 5.91. The van der Waals surface area contributed by atoms with E-state index in [2.05, 4.69) is 27.7 Å². The Morgan fingerprint density at radius 3 is 2.85 bits per heavy atom. The Labute approximate surface area is 154 Å². The van der Waals surface area contributed by atoms with Crippen LogP contribution in [0.5, 0.6) is 5.75 Å². The number of likely N-dealkylation sites (tertiary alicyclic amines) is 1. The monoisotopic (exact) mass is 360 g/mol. The first kappa shape index (κ1) is 18.5. The Hall–Kier alpha value is -2.28. The number of oxime groups is 1. The van der Waals surface area contributed by atoms with Crippen LogP contribution in [-0.2, 0) is 4.84 Å². The number of piperidine rings is 1. The molecule has 7 heteroatoms. The van der Waals surface area contributed by atoms with E-state index in [1.165, 1.54) is 0 Å². The Morgan fingerprint density at radius 1 is 1.35 bits per heavy atom. The normalized spacial score (nSPS) is 21.0. The SMILES string of the molecule is CCC1=NO[C@@H](CNC(=O)Nc2ccccc2OC2CCN(C)CC2)C1. The summed E-state index contributed by atoms with van der Waals surface area (Å²) in [7, 11) is 2.12. The van der Waals surface area contributed by atoms with Crippen LogP contribution >= 0.6 is 0 Å². The van der Waals surface area contributed by atoms with E-state index in [1.807, 2.05) is 31.2 Å². The van der Waals surface area contributed by atoms with Crippen molar-refractivity contribution in [2.24, 2.45) is 5.16 Å². The van der Waals surface area contributed by atoms with Crippen LogP contribution < -0.4 is 15.4 Å². The van der Waals surface area contributed by atoms with Gasteiger partial charge in [0.05, 0.1) is 17.9 Å². The summed E-state index contributed by atoms with van der Waals surface area (Å²) in [6.07, 6.45) is 3.75. The van der Waals surface area contributed by atoms with Crippen molar-refractivity contribution in [3.05, 3.63) is 24.3 Å². The minimum Gasteiger partial charge on any atom is -0.488 e. The van der Waals surface area contributed by atoms with Crippen LogP contribution in [0.15, 0.2) is 29.4 Å². The molecule has 0 unspecified atom stereocenters. The molecule has 3 rings (SSSR count). The number of hydrogen-bond donors (Lipinski definition) is 2. The van der Waals surface area contributed by atoms with Gasteiger partial charge in [0.15, 0.2) is 0 Å². The van der Waals surface area contributed by atoms with Gasteiger partial charge in [-0.2, -0.15) is 0 Å². The van der Waals surface area contributed by atoms with Gasteiger partial charge in [-0.15, -0.1) is 0 Å². The number of urea groups is 1. The van der Waals surface area contributed by atoms with Gasteiger partial charge in [0.2, 0.25) is 0 Å². The molecule has 1 saturated heterocycles. The fourth-order valence-corrected chi connectivity index (χ4v) is 3.13. The largest absolute Gasteiger partial charge is 0.488 e. The summed E-state index contributed by atoms with van der Waals surface area (Å²) >= 11 is 0. The highest BCUT2D eigenvalue weighted by Gasteiger charge is 2.21. The van der Waals surface area contributed by atoms with Gasteiger partial charge in [0.25, 0.3) is 0 Å². The predicted molar refractivity (Wildman–Crippen MR) is 102 cm³/mol. The zero-order chi connectivity index (χ0) is 18.4. The molecule has 0 bridgehead atoms. The molecule has 0 aliphatic carbocycles. The molecule has 0 radical (unpaired) electrons. The molecule has 2 aliphatic rings. The molecule has 0 aromatic heterocycles. The van der Waals surface area contributed by atoms with Gasteiger partial charge >= 0.3 is 6.03 Å². The maximum absolute atomic E-state index is 12.2. The van der Waals surface area contributed by atoms with Crippen molar-refractivity contribution in [3.8, 4) is 5.75 Å². The topological polar surface area (TPSA) is 75.2 Å². The molecule has 1 aromatic carbocycles. The van der Waals surface area contributed by atoms with Crippen molar-refractivity contribution in [3.63, 3.8) is 0 Å². The van der Waals surface area contributed by atoms with E-state index in [1.54, 1.807) is 0 Å². The van der Waals surface area contributed by atoms with Crippen LogP contribution in [0.2, 0.25) is 0 Å². The van der Waals surface area contributed by atoms with Gasteiger partial charge in [0, 0.05) is 19.5 Å². The number of para-hydroxylation sites is 2. The summed E-state index contributed by atoms with van der Waals surface area (Å²) in [5.41, 5.74) is 1.72. The third-order valence-corrected chi connectivity index (χ3v) is 4.79. The van der Waals surface area contributed by atoms with E-state index < -0.39 is 0 Å². The van der Waals surface area contributed by atoms with Crippen LogP contribution in [0.25, 0.3) is 0 Å². The Morgan fingerprint density at radius 2 is 2.12 bits per heavy atom. The molecule has 1 fully saturated rings. The molecular weight excluding hydrogens is 332 g/mol. The van der Waals surface area contributed by atoms with Crippen LogP contribution in [-0.4, -0.2) is 55.5 Å². The van der Waals surface area contributed by atoms with Gasteiger partial charge in [0.1, 0.15) is 18.0 Å². The van der Waals surface area contributed by atoms with Crippen molar-refractivity contribution < 1.29 is 14.4 Å². The lowest BCUT2D eigenvalue weighted by Crippen LogP contribution is -2.36. The molecule has 0 saturated carbocycles. The van der Waals surface area contributed by atoms with Crippen molar-refractivity contribution in [1.82, 2.24) is 10.2 Å². The third-order valence-electron chi connectivity index (χ3n) is 4.79. The fourth-order valence-electron chi connectivity index (χ4n) is 3.13. The minimum absolute atomic E-state index is 0.0820. The summed E-state index contributed by atoms with van der Waals surface area (Å²) in [6.45, 7) is 4.54. The molecule has 7 nitrogen and oxygen atoms in total. The zero-order valence-electron chi connectivity index (χ0n) is 15.5. The van der Waals surface area contributed by atoms with Crippen molar-refractivity contribution in [1.29, 1.82) is 0 Å². The molecule has 2 aliphatic heterocycles. The van der Waals surface area contributed by atoms with E-state index in [0.29, 0.717) is 18.0 Å². The minimum atomic E-state index is -0.266. The Kier molecular flexibility index (Phi) is 6.33.